The molecule has 3 amide bonds. The lowest BCUT2D eigenvalue weighted by Crippen LogP contribution is -2.39. The number of piperidine rings is 1. The molecule has 1 aromatic carbocycles. The molecule has 2 aliphatic heterocycles. The van der Waals surface area contributed by atoms with Crippen molar-refractivity contribution in [1.82, 2.24) is 10.2 Å². The Morgan fingerprint density at radius 1 is 1.19 bits per heavy atom. The van der Waals surface area contributed by atoms with Crippen molar-refractivity contribution in [2.75, 3.05) is 31.6 Å². The number of anilines is 1. The number of hydrogen-bond donors (Lipinski definition) is 2. The van der Waals surface area contributed by atoms with E-state index in [-0.39, 0.29) is 18.0 Å². The maximum atomic E-state index is 13.1. The summed E-state index contributed by atoms with van der Waals surface area (Å²) < 4.78 is 5.30. The molecule has 2 saturated heterocycles. The summed E-state index contributed by atoms with van der Waals surface area (Å²) >= 11 is 0. The van der Waals surface area contributed by atoms with Crippen molar-refractivity contribution in [3.8, 4) is 0 Å². The fourth-order valence-corrected chi connectivity index (χ4v) is 3.99. The van der Waals surface area contributed by atoms with Crippen LogP contribution in [0.25, 0.3) is 0 Å². The maximum absolute atomic E-state index is 13.1. The molecule has 0 aromatic heterocycles. The van der Waals surface area contributed by atoms with Crippen LogP contribution in [0.1, 0.15) is 49.0 Å². The van der Waals surface area contributed by atoms with Crippen LogP contribution in [0.5, 0.6) is 0 Å². The van der Waals surface area contributed by atoms with Gasteiger partial charge in [-0.25, -0.2) is 4.79 Å². The first-order chi connectivity index (χ1) is 15.4. The Morgan fingerprint density at radius 2 is 1.94 bits per heavy atom. The average Bonchev–Trinajstić information content (AvgIpc) is 3.31. The van der Waals surface area contributed by atoms with Crippen LogP contribution in [0.3, 0.4) is 0 Å². The zero-order valence-corrected chi connectivity index (χ0v) is 19.4. The fourth-order valence-electron chi connectivity index (χ4n) is 3.99. The highest BCUT2D eigenvalue weighted by molar-refractivity contribution is 5.97. The summed E-state index contributed by atoms with van der Waals surface area (Å²) in [5, 5.41) is 5.80. The number of aryl methyl sites for hydroxylation is 1. The molecule has 6 heteroatoms. The first-order valence-corrected chi connectivity index (χ1v) is 11.4. The summed E-state index contributed by atoms with van der Waals surface area (Å²) in [5.74, 6) is 0.403. The van der Waals surface area contributed by atoms with Gasteiger partial charge in [0.1, 0.15) is 0 Å². The van der Waals surface area contributed by atoms with Gasteiger partial charge < -0.3 is 20.3 Å². The van der Waals surface area contributed by atoms with E-state index in [1.165, 1.54) is 5.57 Å². The van der Waals surface area contributed by atoms with E-state index >= 15 is 0 Å². The molecular formula is C26H35N3O3. The molecule has 0 saturated carbocycles. The Bertz CT molecular complexity index is 905. The molecule has 0 bridgehead atoms. The molecule has 1 unspecified atom stereocenters. The normalized spacial score (nSPS) is 19.9. The number of rotatable bonds is 6. The van der Waals surface area contributed by atoms with E-state index in [4.69, 9.17) is 4.74 Å². The SMILES string of the molecule is C=C(/C=C\C(C)=C/C)C1CCN(C(=O)c2ccc(C)c(NC(=O)NC3CCOC3)c2)CC1. The van der Waals surface area contributed by atoms with E-state index in [2.05, 4.69) is 42.4 Å². The number of allylic oxidation sites excluding steroid dienone is 5. The summed E-state index contributed by atoms with van der Waals surface area (Å²) in [6.07, 6.45) is 8.90. The highest BCUT2D eigenvalue weighted by Crippen LogP contribution is 2.26. The van der Waals surface area contributed by atoms with E-state index in [9.17, 15) is 9.59 Å². The number of ether oxygens (including phenoxy) is 1. The van der Waals surface area contributed by atoms with Gasteiger partial charge in [0.15, 0.2) is 0 Å². The van der Waals surface area contributed by atoms with Crippen LogP contribution in [-0.4, -0.2) is 49.2 Å². The van der Waals surface area contributed by atoms with Crippen LogP contribution in [0, 0.1) is 12.8 Å². The van der Waals surface area contributed by atoms with Gasteiger partial charge in [0.2, 0.25) is 0 Å². The van der Waals surface area contributed by atoms with Crippen LogP contribution >= 0.6 is 0 Å². The van der Waals surface area contributed by atoms with Crippen molar-refractivity contribution < 1.29 is 14.3 Å². The molecule has 0 aliphatic carbocycles. The molecule has 2 N–H and O–H groups in total. The lowest BCUT2D eigenvalue weighted by molar-refractivity contribution is 0.0703. The topological polar surface area (TPSA) is 70.7 Å². The van der Waals surface area contributed by atoms with Crippen LogP contribution in [0.4, 0.5) is 10.5 Å². The van der Waals surface area contributed by atoms with Crippen molar-refractivity contribution in [3.63, 3.8) is 0 Å². The van der Waals surface area contributed by atoms with Gasteiger partial charge in [0.05, 0.1) is 12.6 Å². The van der Waals surface area contributed by atoms with Crippen LogP contribution in [0.2, 0.25) is 0 Å². The van der Waals surface area contributed by atoms with Gasteiger partial charge in [0.25, 0.3) is 5.91 Å². The molecule has 2 fully saturated rings. The Labute approximate surface area is 191 Å². The number of likely N-dealkylation sites (tertiary alicyclic amines) is 1. The second-order valence-corrected chi connectivity index (χ2v) is 8.70. The van der Waals surface area contributed by atoms with Crippen molar-refractivity contribution in [2.45, 2.75) is 46.1 Å². The molecule has 172 valence electrons. The van der Waals surface area contributed by atoms with Gasteiger partial charge >= 0.3 is 6.03 Å². The van der Waals surface area contributed by atoms with Gasteiger partial charge in [0, 0.05) is 30.9 Å². The fraction of sp³-hybridized carbons (Fsp3) is 0.462. The summed E-state index contributed by atoms with van der Waals surface area (Å²) in [5.41, 5.74) is 4.50. The molecular weight excluding hydrogens is 402 g/mol. The third kappa shape index (κ3) is 6.33. The summed E-state index contributed by atoms with van der Waals surface area (Å²) in [4.78, 5) is 27.3. The zero-order chi connectivity index (χ0) is 23.1. The summed E-state index contributed by atoms with van der Waals surface area (Å²) in [6, 6.07) is 5.25. The third-order valence-electron chi connectivity index (χ3n) is 6.32. The minimum absolute atomic E-state index is 0.00187. The highest BCUT2D eigenvalue weighted by atomic mass is 16.5. The third-order valence-corrected chi connectivity index (χ3v) is 6.32. The molecule has 2 aliphatic rings. The number of benzene rings is 1. The summed E-state index contributed by atoms with van der Waals surface area (Å²) in [7, 11) is 0. The number of nitrogens with one attached hydrogen (secondary N) is 2. The minimum Gasteiger partial charge on any atom is -0.379 e. The molecule has 2 heterocycles. The molecule has 0 radical (unpaired) electrons. The Morgan fingerprint density at radius 3 is 2.59 bits per heavy atom. The van der Waals surface area contributed by atoms with Gasteiger partial charge in [-0.2, -0.15) is 0 Å². The Hall–Kier alpha value is -2.86. The highest BCUT2D eigenvalue weighted by Gasteiger charge is 2.25. The van der Waals surface area contributed by atoms with E-state index in [1.54, 1.807) is 6.07 Å². The van der Waals surface area contributed by atoms with Crippen LogP contribution < -0.4 is 10.6 Å². The number of urea groups is 1. The minimum atomic E-state index is -0.270. The second kappa shape index (κ2) is 11.1. The predicted octanol–water partition coefficient (Wildman–Crippen LogP) is 4.84. The first kappa shape index (κ1) is 23.8. The molecule has 6 nitrogen and oxygen atoms in total. The zero-order valence-electron chi connectivity index (χ0n) is 19.4. The molecule has 32 heavy (non-hydrogen) atoms. The van der Waals surface area contributed by atoms with Crippen molar-refractivity contribution in [1.29, 1.82) is 0 Å². The largest absolute Gasteiger partial charge is 0.379 e. The van der Waals surface area contributed by atoms with E-state index < -0.39 is 0 Å². The van der Waals surface area contributed by atoms with E-state index in [0.29, 0.717) is 43.5 Å². The number of carbonyl (C=O) groups excluding carboxylic acids is 2. The van der Waals surface area contributed by atoms with Crippen molar-refractivity contribution >= 4 is 17.6 Å². The Balaban J connectivity index is 1.57. The molecule has 1 atom stereocenters. The number of hydrogen-bond acceptors (Lipinski definition) is 3. The van der Waals surface area contributed by atoms with Crippen LogP contribution in [-0.2, 0) is 4.74 Å². The van der Waals surface area contributed by atoms with E-state index in [0.717, 1.165) is 30.4 Å². The summed E-state index contributed by atoms with van der Waals surface area (Å²) in [6.45, 7) is 12.9. The quantitative estimate of drug-likeness (QED) is 0.626. The molecule has 1 aromatic rings. The average molecular weight is 438 g/mol. The number of amides is 3. The lowest BCUT2D eigenvalue weighted by Gasteiger charge is -2.32. The number of carbonyl (C=O) groups is 2. The first-order valence-electron chi connectivity index (χ1n) is 11.4. The lowest BCUT2D eigenvalue weighted by atomic mass is 9.89. The molecule has 0 spiro atoms. The van der Waals surface area contributed by atoms with Gasteiger partial charge in [-0.1, -0.05) is 42.0 Å². The smallest absolute Gasteiger partial charge is 0.319 e. The predicted molar refractivity (Wildman–Crippen MR) is 129 cm³/mol. The van der Waals surface area contributed by atoms with Gasteiger partial charge in [-0.15, -0.1) is 0 Å². The molecule has 3 rings (SSSR count). The Kier molecular flexibility index (Phi) is 8.28. The number of nitrogens with zero attached hydrogens (tertiary/aromatic N) is 1. The monoisotopic (exact) mass is 437 g/mol. The second-order valence-electron chi connectivity index (χ2n) is 8.70. The van der Waals surface area contributed by atoms with E-state index in [1.807, 2.05) is 30.9 Å². The van der Waals surface area contributed by atoms with Crippen molar-refractivity contribution in [2.24, 2.45) is 5.92 Å². The van der Waals surface area contributed by atoms with Crippen LogP contribution in [0.15, 0.2) is 54.2 Å². The van der Waals surface area contributed by atoms with Crippen molar-refractivity contribution in [3.05, 3.63) is 65.3 Å². The van der Waals surface area contributed by atoms with Gasteiger partial charge in [-0.3, -0.25) is 4.79 Å². The maximum Gasteiger partial charge on any atom is 0.319 e. The van der Waals surface area contributed by atoms with Gasteiger partial charge in [-0.05, 0) is 63.6 Å². The standard InChI is InChI=1S/C26H35N3O3/c1-5-18(2)6-7-19(3)21-10-13-29(14-11-21)25(30)22-9-8-20(4)24(16-22)28-26(31)27-23-12-15-32-17-23/h5-9,16,21,23H,3,10-15,17H2,1-2,4H3,(H2,27,28,31)/b7-6-,18-5-.